The Morgan fingerprint density at radius 2 is 2.15 bits per heavy atom. The molecule has 1 aliphatic rings. The van der Waals surface area contributed by atoms with Gasteiger partial charge in [0.25, 0.3) is 5.91 Å². The second-order valence-corrected chi connectivity index (χ2v) is 6.18. The maximum Gasteiger partial charge on any atom is 0.253 e. The molecule has 0 spiro atoms. The van der Waals surface area contributed by atoms with Crippen LogP contribution in [0.1, 0.15) is 49.9 Å². The van der Waals surface area contributed by atoms with Gasteiger partial charge in [0.05, 0.1) is 18.4 Å². The number of ether oxygens (including phenoxy) is 1. The number of hydrogen-bond acceptors (Lipinski definition) is 3. The van der Waals surface area contributed by atoms with Gasteiger partial charge >= 0.3 is 0 Å². The van der Waals surface area contributed by atoms with E-state index in [0.29, 0.717) is 17.0 Å². The van der Waals surface area contributed by atoms with Crippen LogP contribution in [0.5, 0.6) is 5.75 Å². The van der Waals surface area contributed by atoms with Gasteiger partial charge in [-0.3, -0.25) is 4.79 Å². The van der Waals surface area contributed by atoms with E-state index in [4.69, 9.17) is 10.5 Å². The van der Waals surface area contributed by atoms with Gasteiger partial charge in [-0.1, -0.05) is 32.8 Å². The standard InChI is InChI=1S/C16H24N2O2/c1-16(2)10-5-4-9-13(16)18-15(19)11-7-6-8-12(20-3)14(11)17/h6-8,13H,4-5,9-10,17H2,1-3H3,(H,18,19). The number of hydrogen-bond donors (Lipinski definition) is 2. The molecule has 4 heteroatoms. The number of nitrogens with two attached hydrogens (primary N) is 1. The molecule has 1 saturated carbocycles. The summed E-state index contributed by atoms with van der Waals surface area (Å²) in [6.45, 7) is 4.43. The monoisotopic (exact) mass is 276 g/mol. The molecule has 0 radical (unpaired) electrons. The highest BCUT2D eigenvalue weighted by Crippen LogP contribution is 2.36. The van der Waals surface area contributed by atoms with Crippen LogP contribution in [-0.2, 0) is 0 Å². The van der Waals surface area contributed by atoms with Gasteiger partial charge in [-0.05, 0) is 30.4 Å². The Balaban J connectivity index is 2.16. The highest BCUT2D eigenvalue weighted by Gasteiger charge is 2.33. The van der Waals surface area contributed by atoms with E-state index in [1.807, 2.05) is 0 Å². The predicted molar refractivity (Wildman–Crippen MR) is 80.9 cm³/mol. The number of anilines is 1. The summed E-state index contributed by atoms with van der Waals surface area (Å²) >= 11 is 0. The Labute approximate surface area is 120 Å². The molecule has 1 unspecified atom stereocenters. The van der Waals surface area contributed by atoms with Crippen LogP contribution in [0.25, 0.3) is 0 Å². The minimum absolute atomic E-state index is 0.110. The number of rotatable bonds is 3. The Morgan fingerprint density at radius 1 is 1.40 bits per heavy atom. The molecule has 20 heavy (non-hydrogen) atoms. The lowest BCUT2D eigenvalue weighted by Crippen LogP contribution is -2.46. The molecule has 1 aromatic carbocycles. The zero-order chi connectivity index (χ0) is 14.8. The topological polar surface area (TPSA) is 64.3 Å². The molecule has 0 heterocycles. The van der Waals surface area contributed by atoms with E-state index in [1.54, 1.807) is 25.3 Å². The van der Waals surface area contributed by atoms with Gasteiger partial charge in [0.1, 0.15) is 5.75 Å². The van der Waals surface area contributed by atoms with Gasteiger partial charge < -0.3 is 15.8 Å². The summed E-state index contributed by atoms with van der Waals surface area (Å²) in [5, 5.41) is 3.14. The molecule has 4 nitrogen and oxygen atoms in total. The van der Waals surface area contributed by atoms with E-state index < -0.39 is 0 Å². The fraction of sp³-hybridized carbons (Fsp3) is 0.562. The SMILES string of the molecule is COc1cccc(C(=O)NC2CCCCC2(C)C)c1N. The van der Waals surface area contributed by atoms with Gasteiger partial charge in [0.15, 0.2) is 0 Å². The predicted octanol–water partition coefficient (Wildman–Crippen LogP) is 2.98. The van der Waals surface area contributed by atoms with Gasteiger partial charge in [0, 0.05) is 6.04 Å². The molecule has 0 bridgehead atoms. The van der Waals surface area contributed by atoms with Crippen LogP contribution in [-0.4, -0.2) is 19.1 Å². The van der Waals surface area contributed by atoms with E-state index in [0.717, 1.165) is 12.8 Å². The molecule has 1 aliphatic carbocycles. The Kier molecular flexibility index (Phi) is 4.21. The van der Waals surface area contributed by atoms with E-state index in [2.05, 4.69) is 19.2 Å². The quantitative estimate of drug-likeness (QED) is 0.834. The van der Waals surface area contributed by atoms with Crippen LogP contribution in [0.15, 0.2) is 18.2 Å². The molecule has 1 amide bonds. The van der Waals surface area contributed by atoms with Crippen molar-refractivity contribution in [3.8, 4) is 5.75 Å². The average Bonchev–Trinajstić information content (AvgIpc) is 2.41. The number of benzene rings is 1. The lowest BCUT2D eigenvalue weighted by atomic mass is 9.73. The van der Waals surface area contributed by atoms with Crippen LogP contribution in [0.2, 0.25) is 0 Å². The molecule has 0 aliphatic heterocycles. The maximum atomic E-state index is 12.4. The van der Waals surface area contributed by atoms with Crippen LogP contribution >= 0.6 is 0 Å². The largest absolute Gasteiger partial charge is 0.495 e. The zero-order valence-corrected chi connectivity index (χ0v) is 12.5. The molecule has 1 aromatic rings. The van der Waals surface area contributed by atoms with Crippen molar-refractivity contribution < 1.29 is 9.53 Å². The number of nitrogens with one attached hydrogen (secondary N) is 1. The van der Waals surface area contributed by atoms with E-state index in [-0.39, 0.29) is 17.4 Å². The number of para-hydroxylation sites is 1. The van der Waals surface area contributed by atoms with E-state index in [9.17, 15) is 4.79 Å². The van der Waals surface area contributed by atoms with Gasteiger partial charge in [-0.15, -0.1) is 0 Å². The fourth-order valence-electron chi connectivity index (χ4n) is 2.92. The van der Waals surface area contributed by atoms with Crippen molar-refractivity contribution in [2.24, 2.45) is 5.41 Å². The van der Waals surface area contributed by atoms with Crippen molar-refractivity contribution in [1.82, 2.24) is 5.32 Å². The van der Waals surface area contributed by atoms with Crippen molar-refractivity contribution in [3.63, 3.8) is 0 Å². The minimum Gasteiger partial charge on any atom is -0.495 e. The first-order chi connectivity index (χ1) is 9.45. The highest BCUT2D eigenvalue weighted by atomic mass is 16.5. The molecule has 1 fully saturated rings. The van der Waals surface area contributed by atoms with E-state index in [1.165, 1.54) is 12.8 Å². The van der Waals surface area contributed by atoms with Crippen LogP contribution in [0.4, 0.5) is 5.69 Å². The summed E-state index contributed by atoms with van der Waals surface area (Å²) in [4.78, 5) is 12.4. The molecule has 2 rings (SSSR count). The van der Waals surface area contributed by atoms with Crippen molar-refractivity contribution in [2.45, 2.75) is 45.6 Å². The third kappa shape index (κ3) is 2.89. The molecule has 0 aromatic heterocycles. The van der Waals surface area contributed by atoms with Gasteiger partial charge in [-0.25, -0.2) is 0 Å². The number of methoxy groups -OCH3 is 1. The van der Waals surface area contributed by atoms with Crippen molar-refractivity contribution in [2.75, 3.05) is 12.8 Å². The minimum atomic E-state index is -0.110. The van der Waals surface area contributed by atoms with E-state index >= 15 is 0 Å². The second kappa shape index (κ2) is 5.73. The Hall–Kier alpha value is -1.71. The summed E-state index contributed by atoms with van der Waals surface area (Å²) < 4.78 is 5.16. The fourth-order valence-corrected chi connectivity index (χ4v) is 2.92. The summed E-state index contributed by atoms with van der Waals surface area (Å²) in [5.74, 6) is 0.432. The van der Waals surface area contributed by atoms with Crippen molar-refractivity contribution >= 4 is 11.6 Å². The number of amides is 1. The lowest BCUT2D eigenvalue weighted by molar-refractivity contribution is 0.0854. The average molecular weight is 276 g/mol. The van der Waals surface area contributed by atoms with Crippen LogP contribution in [0, 0.1) is 5.41 Å². The first-order valence-electron chi connectivity index (χ1n) is 7.19. The number of carbonyl (C=O) groups excluding carboxylic acids is 1. The third-order valence-electron chi connectivity index (χ3n) is 4.34. The second-order valence-electron chi connectivity index (χ2n) is 6.18. The first-order valence-corrected chi connectivity index (χ1v) is 7.19. The van der Waals surface area contributed by atoms with Crippen LogP contribution in [0.3, 0.4) is 0 Å². The third-order valence-corrected chi connectivity index (χ3v) is 4.34. The van der Waals surface area contributed by atoms with Gasteiger partial charge in [-0.2, -0.15) is 0 Å². The zero-order valence-electron chi connectivity index (χ0n) is 12.5. The van der Waals surface area contributed by atoms with Crippen LogP contribution < -0.4 is 15.8 Å². The molecular formula is C16H24N2O2. The molecular weight excluding hydrogens is 252 g/mol. The summed E-state index contributed by atoms with van der Waals surface area (Å²) in [6.07, 6.45) is 4.58. The Bertz CT molecular complexity index is 497. The molecule has 3 N–H and O–H groups in total. The molecule has 0 saturated heterocycles. The van der Waals surface area contributed by atoms with Crippen molar-refractivity contribution in [1.29, 1.82) is 0 Å². The first kappa shape index (κ1) is 14.7. The molecule has 1 atom stereocenters. The summed E-state index contributed by atoms with van der Waals surface area (Å²) in [5.41, 5.74) is 7.02. The van der Waals surface area contributed by atoms with Gasteiger partial charge in [0.2, 0.25) is 0 Å². The smallest absolute Gasteiger partial charge is 0.253 e. The normalized spacial score (nSPS) is 21.2. The maximum absolute atomic E-state index is 12.4. The number of nitrogen functional groups attached to an aromatic ring is 1. The summed E-state index contributed by atoms with van der Waals surface area (Å²) in [7, 11) is 1.55. The summed E-state index contributed by atoms with van der Waals surface area (Å²) in [6, 6.07) is 5.49. The Morgan fingerprint density at radius 3 is 2.80 bits per heavy atom. The lowest BCUT2D eigenvalue weighted by Gasteiger charge is -2.39. The number of carbonyl (C=O) groups is 1. The van der Waals surface area contributed by atoms with Crippen molar-refractivity contribution in [3.05, 3.63) is 23.8 Å². The molecule has 110 valence electrons. The highest BCUT2D eigenvalue weighted by molar-refractivity contribution is 6.00.